The first kappa shape index (κ1) is 11.9. The molecule has 3 rings (SSSR count). The van der Waals surface area contributed by atoms with E-state index in [0.717, 1.165) is 18.7 Å². The fraction of sp³-hybridized carbons (Fsp3) is 0.286. The van der Waals surface area contributed by atoms with E-state index in [4.69, 9.17) is 5.73 Å². The molecular weight excluding hydrogens is 238 g/mol. The van der Waals surface area contributed by atoms with Crippen LogP contribution in [0, 0.1) is 0 Å². The molecule has 19 heavy (non-hydrogen) atoms. The van der Waals surface area contributed by atoms with Crippen LogP contribution in [0.5, 0.6) is 0 Å². The second-order valence-corrected chi connectivity index (χ2v) is 4.76. The number of aromatic nitrogens is 4. The van der Waals surface area contributed by atoms with Crippen LogP contribution >= 0.6 is 0 Å². The molecule has 2 aromatic heterocycles. The number of aryl methyl sites for hydroxylation is 1. The van der Waals surface area contributed by atoms with Gasteiger partial charge in [0.2, 0.25) is 0 Å². The fourth-order valence-corrected chi connectivity index (χ4v) is 2.35. The number of fused-ring (bicyclic) bond motifs is 1. The maximum atomic E-state index is 5.59. The van der Waals surface area contributed by atoms with Crippen LogP contribution in [-0.2, 0) is 20.0 Å². The lowest BCUT2D eigenvalue weighted by Crippen LogP contribution is -2.02. The van der Waals surface area contributed by atoms with Gasteiger partial charge in [0.25, 0.3) is 0 Å². The molecule has 0 aliphatic heterocycles. The third-order valence-corrected chi connectivity index (χ3v) is 3.25. The van der Waals surface area contributed by atoms with Crippen molar-refractivity contribution >= 4 is 10.9 Å². The Balaban J connectivity index is 1.92. The maximum Gasteiger partial charge on any atom is 0.102 e. The molecule has 0 saturated heterocycles. The van der Waals surface area contributed by atoms with Gasteiger partial charge in [-0.3, -0.25) is 4.68 Å². The standard InChI is InChI=1S/C14H17N5/c1-18-9-13(16-17-18)10-19-7-5-12-8-11(4-6-15)2-3-14(12)19/h2-3,5,7-9H,4,6,10,15H2,1H3. The van der Waals surface area contributed by atoms with Gasteiger partial charge >= 0.3 is 0 Å². The highest BCUT2D eigenvalue weighted by molar-refractivity contribution is 5.81. The fourth-order valence-electron chi connectivity index (χ4n) is 2.35. The van der Waals surface area contributed by atoms with Crippen molar-refractivity contribution in [3.05, 3.63) is 47.9 Å². The van der Waals surface area contributed by atoms with Gasteiger partial charge in [0.1, 0.15) is 5.69 Å². The Hall–Kier alpha value is -2.14. The molecule has 0 spiro atoms. The Labute approximate surface area is 111 Å². The third kappa shape index (κ3) is 2.37. The molecule has 5 heteroatoms. The third-order valence-electron chi connectivity index (χ3n) is 3.25. The second-order valence-electron chi connectivity index (χ2n) is 4.76. The Morgan fingerprint density at radius 3 is 2.89 bits per heavy atom. The summed E-state index contributed by atoms with van der Waals surface area (Å²) in [6.45, 7) is 1.43. The first-order valence-electron chi connectivity index (χ1n) is 6.39. The summed E-state index contributed by atoms with van der Waals surface area (Å²) in [6, 6.07) is 8.63. The van der Waals surface area contributed by atoms with E-state index in [0.29, 0.717) is 6.54 Å². The Morgan fingerprint density at radius 1 is 1.26 bits per heavy atom. The number of benzene rings is 1. The van der Waals surface area contributed by atoms with Gasteiger partial charge in [0, 0.05) is 25.0 Å². The van der Waals surface area contributed by atoms with Crippen LogP contribution in [0.15, 0.2) is 36.7 Å². The van der Waals surface area contributed by atoms with Crippen molar-refractivity contribution in [3.63, 3.8) is 0 Å². The molecule has 5 nitrogen and oxygen atoms in total. The van der Waals surface area contributed by atoms with E-state index in [-0.39, 0.29) is 0 Å². The molecule has 0 aliphatic carbocycles. The molecule has 0 atom stereocenters. The summed E-state index contributed by atoms with van der Waals surface area (Å²) in [6.07, 6.45) is 4.95. The Kier molecular flexibility index (Phi) is 3.05. The van der Waals surface area contributed by atoms with E-state index in [1.807, 2.05) is 13.2 Å². The van der Waals surface area contributed by atoms with Crippen molar-refractivity contribution in [1.82, 2.24) is 19.6 Å². The van der Waals surface area contributed by atoms with E-state index in [1.165, 1.54) is 16.5 Å². The highest BCUT2D eigenvalue weighted by atomic mass is 15.4. The number of rotatable bonds is 4. The SMILES string of the molecule is Cn1cc(Cn2ccc3cc(CCN)ccc32)nn1. The number of hydrogen-bond acceptors (Lipinski definition) is 3. The highest BCUT2D eigenvalue weighted by Crippen LogP contribution is 2.18. The molecule has 0 amide bonds. The monoisotopic (exact) mass is 255 g/mol. The quantitative estimate of drug-likeness (QED) is 0.764. The van der Waals surface area contributed by atoms with Crippen LogP contribution in [0.2, 0.25) is 0 Å². The van der Waals surface area contributed by atoms with Gasteiger partial charge in [-0.25, -0.2) is 0 Å². The van der Waals surface area contributed by atoms with Crippen LogP contribution in [0.3, 0.4) is 0 Å². The van der Waals surface area contributed by atoms with Gasteiger partial charge in [-0.2, -0.15) is 0 Å². The molecule has 0 saturated carbocycles. The van der Waals surface area contributed by atoms with Crippen molar-refractivity contribution in [1.29, 1.82) is 0 Å². The topological polar surface area (TPSA) is 61.7 Å². The lowest BCUT2D eigenvalue weighted by atomic mass is 10.1. The zero-order valence-electron chi connectivity index (χ0n) is 11.0. The molecular formula is C14H17N5. The van der Waals surface area contributed by atoms with Crippen LogP contribution < -0.4 is 5.73 Å². The zero-order chi connectivity index (χ0) is 13.2. The smallest absolute Gasteiger partial charge is 0.102 e. The summed E-state index contributed by atoms with van der Waals surface area (Å²) in [7, 11) is 1.88. The summed E-state index contributed by atoms with van der Waals surface area (Å²) in [5.74, 6) is 0. The van der Waals surface area contributed by atoms with Crippen molar-refractivity contribution in [3.8, 4) is 0 Å². The molecule has 3 aromatic rings. The van der Waals surface area contributed by atoms with E-state index in [2.05, 4.69) is 45.3 Å². The summed E-state index contributed by atoms with van der Waals surface area (Å²) in [5.41, 5.74) is 9.05. The number of hydrogen-bond donors (Lipinski definition) is 1. The van der Waals surface area contributed by atoms with Crippen molar-refractivity contribution in [2.75, 3.05) is 6.54 Å². The second kappa shape index (κ2) is 4.85. The minimum Gasteiger partial charge on any atom is -0.341 e. The number of nitrogens with two attached hydrogens (primary N) is 1. The molecule has 2 heterocycles. The lowest BCUT2D eigenvalue weighted by Gasteiger charge is -2.04. The Morgan fingerprint density at radius 2 is 2.16 bits per heavy atom. The molecule has 1 aromatic carbocycles. The summed E-state index contributed by atoms with van der Waals surface area (Å²) in [5, 5.41) is 9.32. The molecule has 98 valence electrons. The summed E-state index contributed by atoms with van der Waals surface area (Å²) in [4.78, 5) is 0. The van der Waals surface area contributed by atoms with Gasteiger partial charge < -0.3 is 10.3 Å². The number of nitrogens with zero attached hydrogens (tertiary/aromatic N) is 4. The highest BCUT2D eigenvalue weighted by Gasteiger charge is 2.05. The van der Waals surface area contributed by atoms with Crippen molar-refractivity contribution < 1.29 is 0 Å². The van der Waals surface area contributed by atoms with Gasteiger partial charge in [-0.05, 0) is 42.1 Å². The molecule has 2 N–H and O–H groups in total. The van der Waals surface area contributed by atoms with Crippen molar-refractivity contribution in [2.45, 2.75) is 13.0 Å². The van der Waals surface area contributed by atoms with E-state index in [9.17, 15) is 0 Å². The van der Waals surface area contributed by atoms with E-state index >= 15 is 0 Å². The average Bonchev–Trinajstić information content (AvgIpc) is 2.97. The van der Waals surface area contributed by atoms with Gasteiger partial charge in [0.15, 0.2) is 0 Å². The molecule has 0 bridgehead atoms. The first-order valence-corrected chi connectivity index (χ1v) is 6.39. The van der Waals surface area contributed by atoms with Crippen LogP contribution in [0.4, 0.5) is 0 Å². The largest absolute Gasteiger partial charge is 0.341 e. The van der Waals surface area contributed by atoms with Gasteiger partial charge in [-0.1, -0.05) is 11.3 Å². The van der Waals surface area contributed by atoms with Crippen LogP contribution in [0.1, 0.15) is 11.3 Å². The predicted molar refractivity (Wildman–Crippen MR) is 74.8 cm³/mol. The normalized spacial score (nSPS) is 11.3. The van der Waals surface area contributed by atoms with Crippen LogP contribution in [-0.4, -0.2) is 26.1 Å². The van der Waals surface area contributed by atoms with Gasteiger partial charge in [-0.15, -0.1) is 5.10 Å². The summed E-state index contributed by atoms with van der Waals surface area (Å²) >= 11 is 0. The predicted octanol–water partition coefficient (Wildman–Crippen LogP) is 1.32. The van der Waals surface area contributed by atoms with E-state index in [1.54, 1.807) is 4.68 Å². The van der Waals surface area contributed by atoms with Crippen LogP contribution in [0.25, 0.3) is 10.9 Å². The van der Waals surface area contributed by atoms with E-state index < -0.39 is 0 Å². The minimum absolute atomic E-state index is 0.686. The average molecular weight is 255 g/mol. The minimum atomic E-state index is 0.686. The van der Waals surface area contributed by atoms with Gasteiger partial charge in [0.05, 0.1) is 6.54 Å². The summed E-state index contributed by atoms with van der Waals surface area (Å²) < 4.78 is 3.91. The lowest BCUT2D eigenvalue weighted by molar-refractivity contribution is 0.711. The molecule has 0 aliphatic rings. The zero-order valence-corrected chi connectivity index (χ0v) is 11.0. The molecule has 0 unspecified atom stereocenters. The Bertz CT molecular complexity index is 695. The molecule has 0 radical (unpaired) electrons. The maximum absolute atomic E-state index is 5.59. The van der Waals surface area contributed by atoms with Crippen molar-refractivity contribution in [2.24, 2.45) is 12.8 Å². The first-order chi connectivity index (χ1) is 9.26. The molecule has 0 fully saturated rings.